The van der Waals surface area contributed by atoms with Crippen molar-refractivity contribution in [3.8, 4) is 0 Å². The maximum atomic E-state index is 11.7. The number of carbonyl (C=O) groups is 1. The van der Waals surface area contributed by atoms with Gasteiger partial charge in [-0.3, -0.25) is 4.79 Å². The molecule has 0 aliphatic heterocycles. The SMILES string of the molecule is CN(C)CC(=O)N[C@H]1c2ccccc2C[C@H]1O. The molecule has 0 saturated carbocycles. The Morgan fingerprint density at radius 2 is 2.18 bits per heavy atom. The van der Waals surface area contributed by atoms with Crippen LogP contribution < -0.4 is 5.32 Å². The third kappa shape index (κ3) is 2.65. The van der Waals surface area contributed by atoms with Gasteiger partial charge in [0.15, 0.2) is 0 Å². The van der Waals surface area contributed by atoms with Gasteiger partial charge in [0.05, 0.1) is 18.7 Å². The molecule has 4 nitrogen and oxygen atoms in total. The number of benzene rings is 1. The van der Waals surface area contributed by atoms with Crippen molar-refractivity contribution in [2.75, 3.05) is 20.6 Å². The first-order valence-corrected chi connectivity index (χ1v) is 5.78. The van der Waals surface area contributed by atoms with Crippen molar-refractivity contribution < 1.29 is 9.90 Å². The molecule has 1 aliphatic carbocycles. The van der Waals surface area contributed by atoms with Crippen LogP contribution in [0, 0.1) is 0 Å². The van der Waals surface area contributed by atoms with Gasteiger partial charge >= 0.3 is 0 Å². The molecule has 0 radical (unpaired) electrons. The van der Waals surface area contributed by atoms with Crippen LogP contribution in [0.4, 0.5) is 0 Å². The average molecular weight is 234 g/mol. The van der Waals surface area contributed by atoms with E-state index >= 15 is 0 Å². The van der Waals surface area contributed by atoms with Crippen LogP contribution in [0.5, 0.6) is 0 Å². The minimum Gasteiger partial charge on any atom is -0.390 e. The maximum absolute atomic E-state index is 11.7. The zero-order valence-corrected chi connectivity index (χ0v) is 10.2. The van der Waals surface area contributed by atoms with E-state index in [4.69, 9.17) is 0 Å². The normalized spacial score (nSPS) is 22.6. The summed E-state index contributed by atoms with van der Waals surface area (Å²) in [6.45, 7) is 0.339. The predicted octanol–water partition coefficient (Wildman–Crippen LogP) is 0.322. The Hall–Kier alpha value is -1.39. The summed E-state index contributed by atoms with van der Waals surface area (Å²) < 4.78 is 0. The topological polar surface area (TPSA) is 52.6 Å². The molecule has 92 valence electrons. The van der Waals surface area contributed by atoms with E-state index in [2.05, 4.69) is 5.32 Å². The van der Waals surface area contributed by atoms with Crippen molar-refractivity contribution in [1.82, 2.24) is 10.2 Å². The summed E-state index contributed by atoms with van der Waals surface area (Å²) in [7, 11) is 3.69. The molecule has 0 bridgehead atoms. The number of hydrogen-bond donors (Lipinski definition) is 2. The van der Waals surface area contributed by atoms with E-state index in [9.17, 15) is 9.90 Å². The smallest absolute Gasteiger partial charge is 0.234 e. The fraction of sp³-hybridized carbons (Fsp3) is 0.462. The Bertz CT molecular complexity index is 418. The number of aliphatic hydroxyl groups excluding tert-OH is 1. The number of rotatable bonds is 3. The summed E-state index contributed by atoms with van der Waals surface area (Å²) in [5.41, 5.74) is 2.15. The summed E-state index contributed by atoms with van der Waals surface area (Å²) in [6.07, 6.45) is 0.0989. The Labute approximate surface area is 101 Å². The molecule has 0 heterocycles. The van der Waals surface area contributed by atoms with Crippen molar-refractivity contribution in [2.24, 2.45) is 0 Å². The van der Waals surface area contributed by atoms with Crippen LogP contribution in [0.25, 0.3) is 0 Å². The average Bonchev–Trinajstić information content (AvgIpc) is 2.55. The minimum atomic E-state index is -0.515. The second-order valence-electron chi connectivity index (χ2n) is 4.75. The molecule has 0 aromatic heterocycles. The van der Waals surface area contributed by atoms with Crippen molar-refractivity contribution in [1.29, 1.82) is 0 Å². The summed E-state index contributed by atoms with van der Waals surface area (Å²) in [5.74, 6) is -0.0595. The lowest BCUT2D eigenvalue weighted by atomic mass is 10.1. The molecule has 0 spiro atoms. The van der Waals surface area contributed by atoms with Crippen molar-refractivity contribution in [2.45, 2.75) is 18.6 Å². The first-order chi connectivity index (χ1) is 8.08. The van der Waals surface area contributed by atoms with Gasteiger partial charge in [-0.2, -0.15) is 0 Å². The first-order valence-electron chi connectivity index (χ1n) is 5.78. The van der Waals surface area contributed by atoms with Gasteiger partial charge in [-0.05, 0) is 25.2 Å². The zero-order valence-electron chi connectivity index (χ0n) is 10.2. The standard InChI is InChI=1S/C13H18N2O2/c1-15(2)8-12(17)14-13-10-6-4-3-5-9(10)7-11(13)16/h3-6,11,13,16H,7-8H2,1-2H3,(H,14,17)/t11-,13+/m1/s1. The van der Waals surface area contributed by atoms with Crippen molar-refractivity contribution in [3.05, 3.63) is 35.4 Å². The Morgan fingerprint density at radius 3 is 2.88 bits per heavy atom. The molecule has 1 aromatic carbocycles. The van der Waals surface area contributed by atoms with Crippen LogP contribution in [-0.4, -0.2) is 42.7 Å². The molecule has 0 saturated heterocycles. The van der Waals surface area contributed by atoms with E-state index in [1.54, 1.807) is 0 Å². The molecule has 1 aliphatic rings. The van der Waals surface area contributed by atoms with Gasteiger partial charge < -0.3 is 15.3 Å². The van der Waals surface area contributed by atoms with E-state index in [1.165, 1.54) is 0 Å². The highest BCUT2D eigenvalue weighted by molar-refractivity contribution is 5.78. The van der Waals surface area contributed by atoms with E-state index in [1.807, 2.05) is 43.3 Å². The number of nitrogens with zero attached hydrogens (tertiary/aromatic N) is 1. The quantitative estimate of drug-likeness (QED) is 0.792. The molecular formula is C13H18N2O2. The molecule has 4 heteroatoms. The predicted molar refractivity (Wildman–Crippen MR) is 65.6 cm³/mol. The van der Waals surface area contributed by atoms with Gasteiger partial charge in [-0.15, -0.1) is 0 Å². The monoisotopic (exact) mass is 234 g/mol. The zero-order chi connectivity index (χ0) is 12.4. The van der Waals surface area contributed by atoms with Crippen molar-refractivity contribution in [3.63, 3.8) is 0 Å². The van der Waals surface area contributed by atoms with Crippen LogP contribution >= 0.6 is 0 Å². The maximum Gasteiger partial charge on any atom is 0.234 e. The Morgan fingerprint density at radius 1 is 1.47 bits per heavy atom. The fourth-order valence-corrected chi connectivity index (χ4v) is 2.25. The summed E-state index contributed by atoms with van der Waals surface area (Å²) in [5, 5.41) is 12.9. The van der Waals surface area contributed by atoms with Gasteiger partial charge in [0.25, 0.3) is 0 Å². The molecule has 2 N–H and O–H groups in total. The minimum absolute atomic E-state index is 0.0595. The van der Waals surface area contributed by atoms with E-state index in [0.717, 1.165) is 11.1 Å². The van der Waals surface area contributed by atoms with Gasteiger partial charge in [-0.25, -0.2) is 0 Å². The van der Waals surface area contributed by atoms with Crippen LogP contribution in [-0.2, 0) is 11.2 Å². The molecular weight excluding hydrogens is 216 g/mol. The molecule has 0 fully saturated rings. The number of aliphatic hydroxyl groups is 1. The lowest BCUT2D eigenvalue weighted by molar-refractivity contribution is -0.123. The van der Waals surface area contributed by atoms with Crippen molar-refractivity contribution >= 4 is 5.91 Å². The summed E-state index contributed by atoms with van der Waals surface area (Å²) >= 11 is 0. The van der Waals surface area contributed by atoms with Crippen LogP contribution in [0.1, 0.15) is 17.2 Å². The highest BCUT2D eigenvalue weighted by Gasteiger charge is 2.31. The number of carbonyl (C=O) groups excluding carboxylic acids is 1. The van der Waals surface area contributed by atoms with Gasteiger partial charge in [0.1, 0.15) is 0 Å². The second kappa shape index (κ2) is 4.85. The van der Waals surface area contributed by atoms with Crippen LogP contribution in [0.15, 0.2) is 24.3 Å². The molecule has 0 unspecified atom stereocenters. The highest BCUT2D eigenvalue weighted by atomic mass is 16.3. The van der Waals surface area contributed by atoms with E-state index in [-0.39, 0.29) is 11.9 Å². The third-order valence-corrected chi connectivity index (χ3v) is 2.98. The Kier molecular flexibility index (Phi) is 3.45. The second-order valence-corrected chi connectivity index (χ2v) is 4.75. The number of nitrogens with one attached hydrogen (secondary N) is 1. The largest absolute Gasteiger partial charge is 0.390 e. The summed E-state index contributed by atoms with van der Waals surface area (Å²) in [6, 6.07) is 7.58. The molecule has 2 rings (SSSR count). The highest BCUT2D eigenvalue weighted by Crippen LogP contribution is 2.30. The lowest BCUT2D eigenvalue weighted by Crippen LogP contribution is -2.39. The molecule has 1 amide bonds. The third-order valence-electron chi connectivity index (χ3n) is 2.98. The number of hydrogen-bond acceptors (Lipinski definition) is 3. The van der Waals surface area contributed by atoms with Crippen LogP contribution in [0.2, 0.25) is 0 Å². The molecule has 17 heavy (non-hydrogen) atoms. The van der Waals surface area contributed by atoms with Gasteiger partial charge in [-0.1, -0.05) is 24.3 Å². The van der Waals surface area contributed by atoms with Crippen LogP contribution in [0.3, 0.4) is 0 Å². The van der Waals surface area contributed by atoms with E-state index in [0.29, 0.717) is 13.0 Å². The first kappa shape index (κ1) is 12.1. The lowest BCUT2D eigenvalue weighted by Gasteiger charge is -2.19. The number of likely N-dealkylation sites (N-methyl/N-ethyl adjacent to an activating group) is 1. The summed E-state index contributed by atoms with van der Waals surface area (Å²) in [4.78, 5) is 13.5. The molecule has 1 aromatic rings. The molecule has 2 atom stereocenters. The Balaban J connectivity index is 2.09. The fourth-order valence-electron chi connectivity index (χ4n) is 2.25. The number of fused-ring (bicyclic) bond motifs is 1. The van der Waals surface area contributed by atoms with E-state index < -0.39 is 6.10 Å². The van der Waals surface area contributed by atoms with Gasteiger partial charge in [0, 0.05) is 6.42 Å². The van der Waals surface area contributed by atoms with Gasteiger partial charge in [0.2, 0.25) is 5.91 Å². The number of amides is 1.